The molecular weight excluding hydrogens is 542 g/mol. The monoisotopic (exact) mass is 575 g/mol. The van der Waals surface area contributed by atoms with Gasteiger partial charge in [-0.15, -0.1) is 0 Å². The van der Waals surface area contributed by atoms with E-state index in [-0.39, 0.29) is 30.9 Å². The van der Waals surface area contributed by atoms with Crippen LogP contribution in [0.1, 0.15) is 25.3 Å². The van der Waals surface area contributed by atoms with Crippen molar-refractivity contribution in [3.8, 4) is 0 Å². The zero-order valence-electron chi connectivity index (χ0n) is 23.0. The number of carbonyl (C=O) groups excluding carboxylic acids is 3. The van der Waals surface area contributed by atoms with E-state index in [0.29, 0.717) is 43.2 Å². The number of aliphatic hydroxyl groups is 1. The van der Waals surface area contributed by atoms with Crippen LogP contribution in [0.2, 0.25) is 5.02 Å². The number of rotatable bonds is 7. The summed E-state index contributed by atoms with van der Waals surface area (Å²) < 4.78 is 6.88. The number of ether oxygens (including phenoxy) is 1. The van der Waals surface area contributed by atoms with Crippen molar-refractivity contribution in [3.63, 3.8) is 0 Å². The molecule has 1 N–H and O–H groups in total. The minimum Gasteiger partial charge on any atom is -0.396 e. The van der Waals surface area contributed by atoms with Crippen LogP contribution in [0.3, 0.4) is 0 Å². The summed E-state index contributed by atoms with van der Waals surface area (Å²) in [6, 6.07) is 15.8. The topological polar surface area (TPSA) is 90.4 Å². The molecule has 2 saturated heterocycles. The van der Waals surface area contributed by atoms with Crippen molar-refractivity contribution in [1.82, 2.24) is 9.80 Å². The number of unbranched alkanes of at least 4 members (excludes halogenated alkanes) is 1. The Kier molecular flexibility index (Phi) is 7.26. The number of benzene rings is 2. The number of hydrogen-bond donors (Lipinski definition) is 1. The maximum absolute atomic E-state index is 14.4. The maximum Gasteiger partial charge on any atom is 0.253 e. The van der Waals surface area contributed by atoms with Crippen molar-refractivity contribution in [2.24, 2.45) is 11.8 Å². The Bertz CT molecular complexity index is 1400. The highest BCUT2D eigenvalue weighted by atomic mass is 35.5. The van der Waals surface area contributed by atoms with Crippen molar-refractivity contribution in [2.45, 2.75) is 43.6 Å². The Morgan fingerprint density at radius 1 is 0.902 bits per heavy atom. The largest absolute Gasteiger partial charge is 0.396 e. The summed E-state index contributed by atoms with van der Waals surface area (Å²) in [5.41, 5.74) is -0.728. The first-order valence-electron chi connectivity index (χ1n) is 14.2. The second-order valence-corrected chi connectivity index (χ2v) is 11.8. The third-order valence-corrected chi connectivity index (χ3v) is 9.05. The zero-order valence-corrected chi connectivity index (χ0v) is 23.7. The minimum atomic E-state index is -1.32. The van der Waals surface area contributed by atoms with E-state index in [1.165, 1.54) is 0 Å². The third kappa shape index (κ3) is 4.58. The average Bonchev–Trinajstić information content (AvgIpc) is 3.23. The summed E-state index contributed by atoms with van der Waals surface area (Å²) in [4.78, 5) is 48.1. The van der Waals surface area contributed by atoms with E-state index in [1.54, 1.807) is 39.0 Å². The molecular formula is C32H34ClN3O5. The first-order valence-corrected chi connectivity index (χ1v) is 14.5. The standard InChI is InChI=1S/C32H34ClN3O5/c1-31-15-7-17-34(21-22-9-3-2-4-10-22)28(38)25(31)26-29(39)36(18-5-6-20-37)27-30(40)35(19-8-16-32(26,27)41-31)24-13-11-23(33)12-14-24/h2-4,7-16,25-27,37H,5-6,17-21H2,1H3/t25-,26-,27?,31+,32-/m0/s1. The highest BCUT2D eigenvalue weighted by molar-refractivity contribution is 6.30. The van der Waals surface area contributed by atoms with Gasteiger partial charge in [0, 0.05) is 43.5 Å². The number of carbonyl (C=O) groups is 3. The molecule has 41 heavy (non-hydrogen) atoms. The molecule has 5 atom stereocenters. The molecule has 1 unspecified atom stereocenters. The Morgan fingerprint density at radius 3 is 2.37 bits per heavy atom. The smallest absolute Gasteiger partial charge is 0.253 e. The van der Waals surface area contributed by atoms with Gasteiger partial charge in [0.05, 0.1) is 17.4 Å². The lowest BCUT2D eigenvalue weighted by atomic mass is 9.74. The molecule has 8 nitrogen and oxygen atoms in total. The predicted molar refractivity (Wildman–Crippen MR) is 155 cm³/mol. The van der Waals surface area contributed by atoms with Gasteiger partial charge in [0.15, 0.2) is 0 Å². The summed E-state index contributed by atoms with van der Waals surface area (Å²) in [5, 5.41) is 9.99. The molecule has 3 amide bonds. The predicted octanol–water partition coefficient (Wildman–Crippen LogP) is 3.58. The molecule has 2 aromatic rings. The van der Waals surface area contributed by atoms with Gasteiger partial charge in [-0.05, 0) is 49.6 Å². The molecule has 2 aromatic carbocycles. The normalized spacial score (nSPS) is 30.8. The minimum absolute atomic E-state index is 0.0130. The van der Waals surface area contributed by atoms with E-state index in [9.17, 15) is 19.5 Å². The van der Waals surface area contributed by atoms with Crippen molar-refractivity contribution >= 4 is 35.0 Å². The summed E-state index contributed by atoms with van der Waals surface area (Å²) in [7, 11) is 0. The quantitative estimate of drug-likeness (QED) is 0.403. The fraction of sp³-hybridized carbons (Fsp3) is 0.406. The van der Waals surface area contributed by atoms with Gasteiger partial charge in [-0.1, -0.05) is 66.2 Å². The molecule has 4 aliphatic heterocycles. The van der Waals surface area contributed by atoms with E-state index < -0.39 is 29.1 Å². The van der Waals surface area contributed by atoms with Crippen LogP contribution >= 0.6 is 11.6 Å². The second-order valence-electron chi connectivity index (χ2n) is 11.4. The van der Waals surface area contributed by atoms with Gasteiger partial charge < -0.3 is 24.5 Å². The van der Waals surface area contributed by atoms with Gasteiger partial charge in [0.2, 0.25) is 11.8 Å². The van der Waals surface area contributed by atoms with Crippen molar-refractivity contribution in [2.75, 3.05) is 31.1 Å². The summed E-state index contributed by atoms with van der Waals surface area (Å²) in [6.45, 7) is 3.22. The third-order valence-electron chi connectivity index (χ3n) is 8.80. The maximum atomic E-state index is 14.4. The van der Waals surface area contributed by atoms with Crippen molar-refractivity contribution < 1.29 is 24.2 Å². The lowest BCUT2D eigenvalue weighted by Crippen LogP contribution is -2.56. The Labute approximate surface area is 244 Å². The molecule has 4 heterocycles. The average molecular weight is 576 g/mol. The van der Waals surface area contributed by atoms with Gasteiger partial charge in [-0.3, -0.25) is 14.4 Å². The molecule has 1 spiro atoms. The van der Waals surface area contributed by atoms with Gasteiger partial charge in [0.1, 0.15) is 11.6 Å². The molecule has 6 rings (SSSR count). The van der Waals surface area contributed by atoms with Crippen LogP contribution in [-0.2, 0) is 25.7 Å². The van der Waals surface area contributed by atoms with E-state index in [0.717, 1.165) is 5.56 Å². The molecule has 0 aliphatic carbocycles. The number of hydrogen-bond acceptors (Lipinski definition) is 5. The summed E-state index contributed by atoms with van der Waals surface area (Å²) in [5.74, 6) is -2.37. The number of fused-ring (bicyclic) bond motifs is 2. The second kappa shape index (κ2) is 10.7. The number of aliphatic hydroxyl groups excluding tert-OH is 1. The highest BCUT2D eigenvalue weighted by Crippen LogP contribution is 2.57. The number of halogens is 1. The van der Waals surface area contributed by atoms with E-state index in [2.05, 4.69) is 0 Å². The van der Waals surface area contributed by atoms with Gasteiger partial charge >= 0.3 is 0 Å². The SMILES string of the molecule is C[C@@]12C=CCN(Cc3ccccc3)C(=O)[C@@H]1[C@H]1C(=O)N(CCCCO)C3C(=O)N(c4ccc(Cl)cc4)CC=C[C@@]31O2. The van der Waals surface area contributed by atoms with Crippen molar-refractivity contribution in [3.05, 3.63) is 89.5 Å². The Hall–Kier alpha value is -3.46. The van der Waals surface area contributed by atoms with Crippen LogP contribution in [0, 0.1) is 11.8 Å². The van der Waals surface area contributed by atoms with Crippen LogP contribution in [-0.4, -0.2) is 76.1 Å². The molecule has 0 bridgehead atoms. The molecule has 214 valence electrons. The van der Waals surface area contributed by atoms with E-state index in [1.807, 2.05) is 61.6 Å². The fourth-order valence-electron chi connectivity index (χ4n) is 7.00. The molecule has 2 fully saturated rings. The highest BCUT2D eigenvalue weighted by Gasteiger charge is 2.74. The summed E-state index contributed by atoms with van der Waals surface area (Å²) >= 11 is 6.12. The number of likely N-dealkylation sites (tertiary alicyclic amines) is 1. The first kappa shape index (κ1) is 27.7. The fourth-order valence-corrected chi connectivity index (χ4v) is 7.13. The number of anilines is 1. The molecule has 4 aliphatic rings. The molecule has 9 heteroatoms. The Morgan fingerprint density at radius 2 is 1.63 bits per heavy atom. The van der Waals surface area contributed by atoms with Crippen LogP contribution in [0.15, 0.2) is 78.9 Å². The Balaban J connectivity index is 1.41. The number of amides is 3. The summed E-state index contributed by atoms with van der Waals surface area (Å²) in [6.07, 6.45) is 8.56. The van der Waals surface area contributed by atoms with Crippen molar-refractivity contribution in [1.29, 1.82) is 0 Å². The molecule has 0 radical (unpaired) electrons. The number of nitrogens with zero attached hydrogens (tertiary/aromatic N) is 3. The lowest BCUT2D eigenvalue weighted by molar-refractivity contribution is -0.148. The molecule has 0 saturated carbocycles. The van der Waals surface area contributed by atoms with Crippen LogP contribution < -0.4 is 4.90 Å². The lowest BCUT2D eigenvalue weighted by Gasteiger charge is -2.37. The van der Waals surface area contributed by atoms with Gasteiger partial charge in [-0.2, -0.15) is 0 Å². The van der Waals surface area contributed by atoms with Gasteiger partial charge in [0.25, 0.3) is 5.91 Å². The van der Waals surface area contributed by atoms with Crippen LogP contribution in [0.25, 0.3) is 0 Å². The van der Waals surface area contributed by atoms with E-state index in [4.69, 9.17) is 16.3 Å². The molecule has 0 aromatic heterocycles. The first-order chi connectivity index (χ1) is 19.8. The van der Waals surface area contributed by atoms with E-state index >= 15 is 0 Å². The van der Waals surface area contributed by atoms with Crippen LogP contribution in [0.5, 0.6) is 0 Å². The zero-order chi connectivity index (χ0) is 28.8. The van der Waals surface area contributed by atoms with Gasteiger partial charge in [-0.25, -0.2) is 0 Å². The van der Waals surface area contributed by atoms with Crippen LogP contribution in [0.4, 0.5) is 5.69 Å².